The van der Waals surface area contributed by atoms with Crippen molar-refractivity contribution < 1.29 is 4.74 Å². The molecule has 0 amide bonds. The number of rotatable bonds is 3. The van der Waals surface area contributed by atoms with Crippen LogP contribution in [0, 0.1) is 0 Å². The fourth-order valence-corrected chi connectivity index (χ4v) is 3.13. The first-order valence-electron chi connectivity index (χ1n) is 7.42. The van der Waals surface area contributed by atoms with Gasteiger partial charge in [-0.3, -0.25) is 0 Å². The van der Waals surface area contributed by atoms with Gasteiger partial charge in [0.25, 0.3) is 0 Å². The van der Waals surface area contributed by atoms with Gasteiger partial charge in [-0.15, -0.1) is 0 Å². The molecule has 2 N–H and O–H groups in total. The predicted molar refractivity (Wildman–Crippen MR) is 78.8 cm³/mol. The van der Waals surface area contributed by atoms with Gasteiger partial charge in [-0.25, -0.2) is 0 Å². The summed E-state index contributed by atoms with van der Waals surface area (Å²) in [5.41, 5.74) is 3.05. The van der Waals surface area contributed by atoms with Crippen molar-refractivity contribution >= 4 is 5.69 Å². The molecule has 3 heteroatoms. The predicted octanol–water partition coefficient (Wildman–Crippen LogP) is 2.74. The lowest BCUT2D eigenvalue weighted by molar-refractivity contribution is 0.0447. The fraction of sp³-hybridized carbons (Fsp3) is 0.625. The zero-order valence-electron chi connectivity index (χ0n) is 11.7. The van der Waals surface area contributed by atoms with Crippen molar-refractivity contribution in [2.45, 2.75) is 37.6 Å². The minimum absolute atomic E-state index is 0.262. The van der Waals surface area contributed by atoms with Gasteiger partial charge < -0.3 is 15.4 Å². The van der Waals surface area contributed by atoms with E-state index in [0.29, 0.717) is 5.92 Å². The Balaban J connectivity index is 1.64. The standard InChI is InChI=1S/C16H24N2O/c1-16(7-10-19-11-8-16)18-12-13-6-9-17-15-5-3-2-4-14(13)15/h2-5,13,17-18H,6-12H2,1H3. The highest BCUT2D eigenvalue weighted by Gasteiger charge is 2.28. The minimum Gasteiger partial charge on any atom is -0.385 e. The summed E-state index contributed by atoms with van der Waals surface area (Å²) in [6.45, 7) is 6.29. The number of hydrogen-bond acceptors (Lipinski definition) is 3. The average Bonchev–Trinajstić information content (AvgIpc) is 2.46. The number of para-hydroxylation sites is 1. The number of anilines is 1. The van der Waals surface area contributed by atoms with Gasteiger partial charge in [0.1, 0.15) is 0 Å². The van der Waals surface area contributed by atoms with Gasteiger partial charge in [-0.05, 0) is 37.8 Å². The van der Waals surface area contributed by atoms with Crippen molar-refractivity contribution in [2.24, 2.45) is 0 Å². The van der Waals surface area contributed by atoms with Crippen LogP contribution < -0.4 is 10.6 Å². The maximum atomic E-state index is 5.46. The summed E-state index contributed by atoms with van der Waals surface area (Å²) in [6, 6.07) is 8.72. The molecule has 1 unspecified atom stereocenters. The van der Waals surface area contributed by atoms with E-state index in [4.69, 9.17) is 4.74 Å². The zero-order chi connectivity index (χ0) is 13.1. The highest BCUT2D eigenvalue weighted by atomic mass is 16.5. The van der Waals surface area contributed by atoms with Crippen LogP contribution in [0.15, 0.2) is 24.3 Å². The molecule has 0 saturated carbocycles. The van der Waals surface area contributed by atoms with E-state index < -0.39 is 0 Å². The Morgan fingerprint density at radius 2 is 2.11 bits per heavy atom. The van der Waals surface area contributed by atoms with E-state index in [1.54, 1.807) is 0 Å². The van der Waals surface area contributed by atoms with Crippen molar-refractivity contribution in [3.05, 3.63) is 29.8 Å². The van der Waals surface area contributed by atoms with Crippen molar-refractivity contribution in [1.82, 2.24) is 5.32 Å². The second kappa shape index (κ2) is 5.51. The molecule has 1 fully saturated rings. The Morgan fingerprint density at radius 3 is 2.95 bits per heavy atom. The number of benzene rings is 1. The highest BCUT2D eigenvalue weighted by Crippen LogP contribution is 2.31. The molecule has 0 spiro atoms. The lowest BCUT2D eigenvalue weighted by atomic mass is 9.88. The van der Waals surface area contributed by atoms with Gasteiger partial charge in [0.2, 0.25) is 0 Å². The van der Waals surface area contributed by atoms with E-state index in [1.807, 2.05) is 0 Å². The van der Waals surface area contributed by atoms with E-state index >= 15 is 0 Å². The Bertz CT molecular complexity index is 427. The van der Waals surface area contributed by atoms with Crippen LogP contribution >= 0.6 is 0 Å². The molecule has 2 aliphatic heterocycles. The molecule has 0 aliphatic carbocycles. The van der Waals surface area contributed by atoms with E-state index in [1.165, 1.54) is 17.7 Å². The second-order valence-corrected chi connectivity index (χ2v) is 6.05. The first-order chi connectivity index (χ1) is 9.27. The molecule has 2 heterocycles. The van der Waals surface area contributed by atoms with Gasteiger partial charge in [-0.1, -0.05) is 18.2 Å². The van der Waals surface area contributed by atoms with Crippen LogP contribution in [0.2, 0.25) is 0 Å². The van der Waals surface area contributed by atoms with Crippen molar-refractivity contribution in [3.8, 4) is 0 Å². The first-order valence-corrected chi connectivity index (χ1v) is 7.42. The number of hydrogen-bond donors (Lipinski definition) is 2. The molecule has 0 aromatic heterocycles. The Kier molecular flexibility index (Phi) is 3.76. The summed E-state index contributed by atoms with van der Waals surface area (Å²) in [4.78, 5) is 0. The third kappa shape index (κ3) is 2.93. The SMILES string of the molecule is CC1(NCC2CCNc3ccccc32)CCOCC1. The molecule has 0 radical (unpaired) electrons. The van der Waals surface area contributed by atoms with Gasteiger partial charge in [-0.2, -0.15) is 0 Å². The molecule has 1 atom stereocenters. The van der Waals surface area contributed by atoms with E-state index in [-0.39, 0.29) is 5.54 Å². The second-order valence-electron chi connectivity index (χ2n) is 6.05. The third-order valence-electron chi connectivity index (χ3n) is 4.58. The van der Waals surface area contributed by atoms with Crippen LogP contribution in [0.5, 0.6) is 0 Å². The first kappa shape index (κ1) is 12.9. The summed E-state index contributed by atoms with van der Waals surface area (Å²) in [5.74, 6) is 0.636. The van der Waals surface area contributed by atoms with E-state index in [9.17, 15) is 0 Å². The normalized spacial score (nSPS) is 25.4. The van der Waals surface area contributed by atoms with Crippen LogP contribution in [0.4, 0.5) is 5.69 Å². The number of ether oxygens (including phenoxy) is 1. The van der Waals surface area contributed by atoms with Crippen LogP contribution in [-0.2, 0) is 4.74 Å². The van der Waals surface area contributed by atoms with E-state index in [0.717, 1.165) is 39.1 Å². The van der Waals surface area contributed by atoms with Crippen molar-refractivity contribution in [2.75, 3.05) is 31.6 Å². The quantitative estimate of drug-likeness (QED) is 0.876. The van der Waals surface area contributed by atoms with Crippen LogP contribution in [0.1, 0.15) is 37.7 Å². The molecule has 1 aromatic rings. The fourth-order valence-electron chi connectivity index (χ4n) is 3.13. The molecule has 3 nitrogen and oxygen atoms in total. The summed E-state index contributed by atoms with van der Waals surface area (Å²) < 4.78 is 5.46. The third-order valence-corrected chi connectivity index (χ3v) is 4.58. The monoisotopic (exact) mass is 260 g/mol. The van der Waals surface area contributed by atoms with Gasteiger partial charge in [0.15, 0.2) is 0 Å². The van der Waals surface area contributed by atoms with Gasteiger partial charge >= 0.3 is 0 Å². The molecule has 1 aromatic carbocycles. The molecule has 19 heavy (non-hydrogen) atoms. The highest BCUT2D eigenvalue weighted by molar-refractivity contribution is 5.54. The average molecular weight is 260 g/mol. The van der Waals surface area contributed by atoms with Crippen LogP contribution in [0.3, 0.4) is 0 Å². The van der Waals surface area contributed by atoms with E-state index in [2.05, 4.69) is 41.8 Å². The van der Waals surface area contributed by atoms with Crippen molar-refractivity contribution in [1.29, 1.82) is 0 Å². The topological polar surface area (TPSA) is 33.3 Å². The minimum atomic E-state index is 0.262. The molecule has 3 rings (SSSR count). The zero-order valence-corrected chi connectivity index (χ0v) is 11.7. The molecule has 104 valence electrons. The van der Waals surface area contributed by atoms with Crippen molar-refractivity contribution in [3.63, 3.8) is 0 Å². The molecular formula is C16H24N2O. The maximum absolute atomic E-state index is 5.46. The summed E-state index contributed by atoms with van der Waals surface area (Å²) >= 11 is 0. The smallest absolute Gasteiger partial charge is 0.0483 e. The molecular weight excluding hydrogens is 236 g/mol. The Morgan fingerprint density at radius 1 is 1.32 bits per heavy atom. The lowest BCUT2D eigenvalue weighted by Gasteiger charge is -2.37. The summed E-state index contributed by atoms with van der Waals surface area (Å²) in [6.07, 6.45) is 3.47. The Labute approximate surface area is 115 Å². The number of nitrogens with one attached hydrogen (secondary N) is 2. The summed E-state index contributed by atoms with van der Waals surface area (Å²) in [7, 11) is 0. The molecule has 1 saturated heterocycles. The van der Waals surface area contributed by atoms with Crippen LogP contribution in [-0.4, -0.2) is 31.8 Å². The lowest BCUT2D eigenvalue weighted by Crippen LogP contribution is -2.48. The largest absolute Gasteiger partial charge is 0.385 e. The molecule has 0 bridgehead atoms. The maximum Gasteiger partial charge on any atom is 0.0483 e. The van der Waals surface area contributed by atoms with Gasteiger partial charge in [0, 0.05) is 43.4 Å². The van der Waals surface area contributed by atoms with Crippen LogP contribution in [0.25, 0.3) is 0 Å². The Hall–Kier alpha value is -1.06. The number of fused-ring (bicyclic) bond motifs is 1. The molecule has 2 aliphatic rings. The van der Waals surface area contributed by atoms with Gasteiger partial charge in [0.05, 0.1) is 0 Å². The summed E-state index contributed by atoms with van der Waals surface area (Å²) in [5, 5.41) is 7.29.